The summed E-state index contributed by atoms with van der Waals surface area (Å²) in [6.45, 7) is 2.06. The van der Waals surface area contributed by atoms with E-state index in [0.717, 1.165) is 12.8 Å². The normalized spacial score (nSPS) is 19.9. The molecule has 0 saturated heterocycles. The van der Waals surface area contributed by atoms with E-state index in [9.17, 15) is 9.18 Å². The molecule has 4 heteroatoms. The molecule has 2 N–H and O–H groups in total. The molecule has 1 aliphatic carbocycles. The van der Waals surface area contributed by atoms with Crippen molar-refractivity contribution in [3.8, 4) is 11.8 Å². The van der Waals surface area contributed by atoms with Gasteiger partial charge in [0.05, 0.1) is 12.2 Å². The third-order valence-electron chi connectivity index (χ3n) is 3.45. The van der Waals surface area contributed by atoms with Crippen LogP contribution >= 0.6 is 0 Å². The first kappa shape index (κ1) is 14.5. The molecule has 2 rings (SSSR count). The van der Waals surface area contributed by atoms with Gasteiger partial charge in [-0.3, -0.25) is 4.79 Å². The van der Waals surface area contributed by atoms with Gasteiger partial charge in [0.15, 0.2) is 0 Å². The Kier molecular flexibility index (Phi) is 4.75. The van der Waals surface area contributed by atoms with Crippen molar-refractivity contribution in [3.63, 3.8) is 0 Å². The Bertz CT molecular complexity index is 559. The van der Waals surface area contributed by atoms with Gasteiger partial charge in [-0.2, -0.15) is 0 Å². The Labute approximate surface area is 118 Å². The monoisotopic (exact) mass is 275 g/mol. The van der Waals surface area contributed by atoms with Gasteiger partial charge in [0.1, 0.15) is 5.82 Å². The highest BCUT2D eigenvalue weighted by Crippen LogP contribution is 2.33. The number of aliphatic hydroxyl groups is 1. The fraction of sp³-hybridized carbons (Fsp3) is 0.438. The predicted molar refractivity (Wildman–Crippen MR) is 74.6 cm³/mol. The molecule has 0 spiro atoms. The van der Waals surface area contributed by atoms with Gasteiger partial charge in [-0.25, -0.2) is 4.39 Å². The second-order valence-corrected chi connectivity index (χ2v) is 4.95. The van der Waals surface area contributed by atoms with Crippen molar-refractivity contribution in [2.24, 2.45) is 5.92 Å². The van der Waals surface area contributed by atoms with Crippen molar-refractivity contribution in [2.75, 3.05) is 6.61 Å². The highest BCUT2D eigenvalue weighted by Gasteiger charge is 2.36. The van der Waals surface area contributed by atoms with Crippen molar-refractivity contribution in [3.05, 3.63) is 35.1 Å². The van der Waals surface area contributed by atoms with Crippen LogP contribution < -0.4 is 5.32 Å². The van der Waals surface area contributed by atoms with E-state index in [-0.39, 0.29) is 24.1 Å². The number of carbonyl (C=O) groups excluding carboxylic acids is 1. The molecule has 1 aromatic rings. The van der Waals surface area contributed by atoms with Crippen molar-refractivity contribution in [1.29, 1.82) is 0 Å². The van der Waals surface area contributed by atoms with Crippen LogP contribution in [0.3, 0.4) is 0 Å². The zero-order chi connectivity index (χ0) is 14.5. The predicted octanol–water partition coefficient (Wildman–Crippen LogP) is 2.09. The summed E-state index contributed by atoms with van der Waals surface area (Å²) in [5, 5.41) is 11.5. The van der Waals surface area contributed by atoms with E-state index >= 15 is 0 Å². The highest BCUT2D eigenvalue weighted by atomic mass is 19.1. The lowest BCUT2D eigenvalue weighted by Gasteiger charge is -2.05. The van der Waals surface area contributed by atoms with Crippen LogP contribution in [0.25, 0.3) is 0 Å². The van der Waals surface area contributed by atoms with Crippen LogP contribution in [0.1, 0.15) is 42.1 Å². The molecule has 2 unspecified atom stereocenters. The minimum atomic E-state index is -0.563. The number of rotatable bonds is 4. The third-order valence-corrected chi connectivity index (χ3v) is 3.45. The van der Waals surface area contributed by atoms with Crippen LogP contribution in [-0.4, -0.2) is 23.7 Å². The van der Waals surface area contributed by atoms with Gasteiger partial charge >= 0.3 is 0 Å². The van der Waals surface area contributed by atoms with Crippen LogP contribution in [-0.2, 0) is 0 Å². The highest BCUT2D eigenvalue weighted by molar-refractivity contribution is 5.95. The summed E-state index contributed by atoms with van der Waals surface area (Å²) in [7, 11) is 0. The smallest absolute Gasteiger partial charge is 0.254 e. The third kappa shape index (κ3) is 3.58. The molecular weight excluding hydrogens is 257 g/mol. The summed E-state index contributed by atoms with van der Waals surface area (Å²) < 4.78 is 13.9. The molecule has 0 radical (unpaired) electrons. The van der Waals surface area contributed by atoms with Crippen LogP contribution in [0.2, 0.25) is 0 Å². The minimum absolute atomic E-state index is 0.0179. The lowest BCUT2D eigenvalue weighted by Crippen LogP contribution is -2.27. The Morgan fingerprint density at radius 2 is 2.35 bits per heavy atom. The van der Waals surface area contributed by atoms with Gasteiger partial charge in [-0.1, -0.05) is 25.2 Å². The maximum absolute atomic E-state index is 13.9. The van der Waals surface area contributed by atoms with Crippen LogP contribution in [0.15, 0.2) is 18.2 Å². The van der Waals surface area contributed by atoms with E-state index in [1.54, 1.807) is 6.07 Å². The first-order chi connectivity index (χ1) is 9.65. The minimum Gasteiger partial charge on any atom is -0.395 e. The van der Waals surface area contributed by atoms with E-state index in [4.69, 9.17) is 5.11 Å². The molecule has 2 atom stereocenters. The first-order valence-electron chi connectivity index (χ1n) is 6.85. The number of halogens is 1. The second kappa shape index (κ2) is 6.53. The van der Waals surface area contributed by atoms with E-state index in [2.05, 4.69) is 24.1 Å². The van der Waals surface area contributed by atoms with E-state index in [1.165, 1.54) is 12.1 Å². The number of aliphatic hydroxyl groups excluding tert-OH is 1. The molecule has 1 aromatic carbocycles. The zero-order valence-electron chi connectivity index (χ0n) is 11.4. The van der Waals surface area contributed by atoms with E-state index in [0.29, 0.717) is 17.9 Å². The Morgan fingerprint density at radius 1 is 1.55 bits per heavy atom. The molecule has 1 aliphatic rings. The number of nitrogens with one attached hydrogen (secondary N) is 1. The lowest BCUT2D eigenvalue weighted by atomic mass is 10.1. The Morgan fingerprint density at radius 3 is 2.95 bits per heavy atom. The average Bonchev–Trinajstić information content (AvgIpc) is 3.17. The van der Waals surface area contributed by atoms with Crippen LogP contribution in [0.4, 0.5) is 4.39 Å². The van der Waals surface area contributed by atoms with Gasteiger partial charge in [-0.05, 0) is 30.5 Å². The van der Waals surface area contributed by atoms with Crippen molar-refractivity contribution in [1.82, 2.24) is 5.32 Å². The van der Waals surface area contributed by atoms with E-state index in [1.807, 2.05) is 0 Å². The molecule has 1 fully saturated rings. The molecule has 106 valence electrons. The lowest BCUT2D eigenvalue weighted by molar-refractivity contribution is 0.0945. The first-order valence-corrected chi connectivity index (χ1v) is 6.85. The molecular formula is C16H18FNO2. The largest absolute Gasteiger partial charge is 0.395 e. The summed E-state index contributed by atoms with van der Waals surface area (Å²) in [5.74, 6) is 5.06. The summed E-state index contributed by atoms with van der Waals surface area (Å²) >= 11 is 0. The van der Waals surface area contributed by atoms with Gasteiger partial charge in [-0.15, -0.1) is 0 Å². The number of amides is 1. The Hall–Kier alpha value is -1.86. The molecule has 1 amide bonds. The number of hydrogen-bond acceptors (Lipinski definition) is 2. The molecule has 0 bridgehead atoms. The molecule has 0 aliphatic heterocycles. The number of benzene rings is 1. The fourth-order valence-corrected chi connectivity index (χ4v) is 2.12. The maximum Gasteiger partial charge on any atom is 0.254 e. The van der Waals surface area contributed by atoms with Crippen LogP contribution in [0, 0.1) is 23.6 Å². The molecule has 0 heterocycles. The van der Waals surface area contributed by atoms with Gasteiger partial charge < -0.3 is 10.4 Å². The van der Waals surface area contributed by atoms with Crippen molar-refractivity contribution >= 4 is 5.91 Å². The molecule has 3 nitrogen and oxygen atoms in total. The van der Waals surface area contributed by atoms with Crippen LogP contribution in [0.5, 0.6) is 0 Å². The summed E-state index contributed by atoms with van der Waals surface area (Å²) in [5.41, 5.74) is 0.560. The van der Waals surface area contributed by atoms with Gasteiger partial charge in [0.25, 0.3) is 5.91 Å². The second-order valence-electron chi connectivity index (χ2n) is 4.95. The fourth-order valence-electron chi connectivity index (χ4n) is 2.12. The van der Waals surface area contributed by atoms with Gasteiger partial charge in [0.2, 0.25) is 0 Å². The quantitative estimate of drug-likeness (QED) is 0.827. The molecule has 0 aromatic heterocycles. The van der Waals surface area contributed by atoms with Gasteiger partial charge in [0, 0.05) is 18.0 Å². The molecule has 1 saturated carbocycles. The zero-order valence-corrected chi connectivity index (χ0v) is 11.4. The van der Waals surface area contributed by atoms with Crippen molar-refractivity contribution < 1.29 is 14.3 Å². The maximum atomic E-state index is 13.9. The summed E-state index contributed by atoms with van der Waals surface area (Å²) in [6.07, 6.45) is 2.37. The average molecular weight is 275 g/mol. The van der Waals surface area contributed by atoms with E-state index < -0.39 is 5.82 Å². The summed E-state index contributed by atoms with van der Waals surface area (Å²) in [4.78, 5) is 11.9. The topological polar surface area (TPSA) is 49.3 Å². The number of hydrogen-bond donors (Lipinski definition) is 2. The molecule has 20 heavy (non-hydrogen) atoms. The standard InChI is InChI=1S/C16H18FNO2/c1-2-12-10-15(12)18-16(20)13-7-6-11(9-14(13)17)5-3-4-8-19/h6-7,9,12,15,19H,2,4,8,10H2,1H3,(H,18,20). The summed E-state index contributed by atoms with van der Waals surface area (Å²) in [6, 6.07) is 4.52. The van der Waals surface area contributed by atoms with Crippen molar-refractivity contribution in [2.45, 2.75) is 32.2 Å². The Balaban J connectivity index is 2.02. The SMILES string of the molecule is CCC1CC1NC(=O)c1ccc(C#CCCO)cc1F. The number of carbonyl (C=O) groups is 1.